The van der Waals surface area contributed by atoms with Gasteiger partial charge in [0.25, 0.3) is 0 Å². The van der Waals surface area contributed by atoms with Crippen LogP contribution < -0.4 is 9.47 Å². The fraction of sp³-hybridized carbons (Fsp3) is 0.0732. The van der Waals surface area contributed by atoms with Crippen molar-refractivity contribution in [1.82, 2.24) is 10.2 Å². The van der Waals surface area contributed by atoms with Crippen molar-refractivity contribution in [3.8, 4) is 43.8 Å². The lowest BCUT2D eigenvalue weighted by Crippen LogP contribution is -1.98. The molecule has 6 heteroatoms. The smallest absolute Gasteiger partial charge is 0.149 e. The van der Waals surface area contributed by atoms with E-state index in [0.717, 1.165) is 49.5 Å². The maximum Gasteiger partial charge on any atom is 0.149 e. The highest BCUT2D eigenvalue weighted by atomic mass is 32.2. The monoisotopic (exact) mass is 648 g/mol. The molecule has 0 aliphatic rings. The van der Waals surface area contributed by atoms with Crippen LogP contribution in [0.1, 0.15) is 16.7 Å². The van der Waals surface area contributed by atoms with E-state index in [1.165, 1.54) is 21.6 Å². The minimum absolute atomic E-state index is 0.460. The molecule has 0 atom stereocenters. The number of benzene rings is 6. The summed E-state index contributed by atoms with van der Waals surface area (Å²) in [6.45, 7) is 0.920. The molecule has 0 bridgehead atoms. The molecule has 0 N–H and O–H groups in total. The average Bonchev–Trinajstić information content (AvgIpc) is 3.64. The maximum atomic E-state index is 6.25. The minimum Gasteiger partial charge on any atom is -0.489 e. The van der Waals surface area contributed by atoms with E-state index in [1.54, 1.807) is 11.3 Å². The summed E-state index contributed by atoms with van der Waals surface area (Å²) in [5.74, 6) is 2.29. The molecule has 7 aromatic rings. The van der Waals surface area contributed by atoms with Gasteiger partial charge in [-0.3, -0.25) is 0 Å². The lowest BCUT2D eigenvalue weighted by atomic mass is 10.0. The van der Waals surface area contributed by atoms with Gasteiger partial charge in [0.2, 0.25) is 0 Å². The first-order valence-corrected chi connectivity index (χ1v) is 17.3. The molecule has 230 valence electrons. The van der Waals surface area contributed by atoms with Crippen molar-refractivity contribution in [3.05, 3.63) is 174 Å². The number of nitrogens with zero attached hydrogens (tertiary/aromatic N) is 2. The molecule has 4 nitrogen and oxygen atoms in total. The van der Waals surface area contributed by atoms with Crippen LogP contribution in [0.2, 0.25) is 0 Å². The number of ether oxygens (including phenoxy) is 2. The summed E-state index contributed by atoms with van der Waals surface area (Å²) in [7, 11) is 0. The van der Waals surface area contributed by atoms with Gasteiger partial charge in [0, 0.05) is 27.8 Å². The summed E-state index contributed by atoms with van der Waals surface area (Å²) in [5, 5.41) is 11.0. The largest absolute Gasteiger partial charge is 0.489 e. The van der Waals surface area contributed by atoms with Gasteiger partial charge in [-0.1, -0.05) is 145 Å². The number of rotatable bonds is 12. The Hall–Kier alpha value is -5.17. The molecule has 0 amide bonds. The molecular formula is C41H32N2O2S2. The highest BCUT2D eigenvalue weighted by molar-refractivity contribution is 7.98. The Morgan fingerprint density at radius 3 is 1.68 bits per heavy atom. The maximum absolute atomic E-state index is 6.25. The number of hydrogen-bond donors (Lipinski definition) is 0. The Labute approximate surface area is 283 Å². The third kappa shape index (κ3) is 7.80. The molecule has 0 aliphatic carbocycles. The van der Waals surface area contributed by atoms with Crippen LogP contribution in [-0.2, 0) is 19.0 Å². The minimum atomic E-state index is 0.460. The molecule has 0 unspecified atom stereocenters. The molecule has 47 heavy (non-hydrogen) atoms. The fourth-order valence-corrected chi connectivity index (χ4v) is 7.26. The van der Waals surface area contributed by atoms with Crippen LogP contribution in [0, 0.1) is 0 Å². The summed E-state index contributed by atoms with van der Waals surface area (Å²) in [6, 6.07) is 53.9. The molecule has 6 aromatic carbocycles. The van der Waals surface area contributed by atoms with Crippen molar-refractivity contribution in [1.29, 1.82) is 0 Å². The second-order valence-electron chi connectivity index (χ2n) is 11.0. The van der Waals surface area contributed by atoms with Crippen LogP contribution in [0.15, 0.2) is 163 Å². The summed E-state index contributed by atoms with van der Waals surface area (Å²) in [6.07, 6.45) is 0. The molecule has 0 aliphatic heterocycles. The van der Waals surface area contributed by atoms with Crippen molar-refractivity contribution in [3.63, 3.8) is 0 Å². The number of aromatic nitrogens is 2. The zero-order valence-electron chi connectivity index (χ0n) is 25.7. The van der Waals surface area contributed by atoms with Gasteiger partial charge < -0.3 is 9.47 Å². The summed E-state index contributed by atoms with van der Waals surface area (Å²) >= 11 is 3.40. The normalized spacial score (nSPS) is 10.9. The lowest BCUT2D eigenvalue weighted by molar-refractivity contribution is 0.290. The Balaban J connectivity index is 1.14. The molecule has 1 heterocycles. The van der Waals surface area contributed by atoms with E-state index in [-0.39, 0.29) is 0 Å². The standard InChI is InChI=1S/C41H32N2O2S2/c1-4-14-30(15-5-1)27-44-35-24-34(25-36(26-35)45-28-31-16-6-2-7-17-31)40-42-43-41(47-40)38-22-12-13-23-39(38)46-29-33-20-10-11-21-37(33)32-18-8-3-9-19-32/h1-26H,27-29H2. The van der Waals surface area contributed by atoms with Crippen LogP contribution in [-0.4, -0.2) is 10.2 Å². The first-order valence-electron chi connectivity index (χ1n) is 15.5. The van der Waals surface area contributed by atoms with Crippen LogP contribution in [0.3, 0.4) is 0 Å². The molecule has 0 fully saturated rings. The van der Waals surface area contributed by atoms with Crippen molar-refractivity contribution in [2.45, 2.75) is 23.9 Å². The Morgan fingerprint density at radius 2 is 1.02 bits per heavy atom. The van der Waals surface area contributed by atoms with E-state index in [4.69, 9.17) is 9.47 Å². The Bertz CT molecular complexity index is 1990. The predicted octanol–water partition coefficient (Wildman–Crippen LogP) is 11.0. The Morgan fingerprint density at radius 1 is 0.489 bits per heavy atom. The molecule has 0 saturated carbocycles. The van der Waals surface area contributed by atoms with E-state index >= 15 is 0 Å². The van der Waals surface area contributed by atoms with E-state index in [1.807, 2.05) is 66.4 Å². The van der Waals surface area contributed by atoms with Crippen LogP contribution >= 0.6 is 23.1 Å². The summed E-state index contributed by atoms with van der Waals surface area (Å²) in [5.41, 5.74) is 7.97. The highest BCUT2D eigenvalue weighted by Gasteiger charge is 2.15. The molecule has 0 saturated heterocycles. The Kier molecular flexibility index (Phi) is 9.69. The summed E-state index contributed by atoms with van der Waals surface area (Å²) < 4.78 is 12.5. The van der Waals surface area contributed by atoms with Crippen molar-refractivity contribution < 1.29 is 9.47 Å². The SMILES string of the molecule is c1ccc(COc2cc(OCc3ccccc3)cc(-c3nnc(-c4ccccc4SCc4ccccc4-c4ccccc4)s3)c2)cc1. The van der Waals surface area contributed by atoms with Crippen LogP contribution in [0.25, 0.3) is 32.3 Å². The van der Waals surface area contributed by atoms with Gasteiger partial charge in [0.15, 0.2) is 0 Å². The summed E-state index contributed by atoms with van der Waals surface area (Å²) in [4.78, 5) is 1.17. The fourth-order valence-electron chi connectivity index (χ4n) is 5.26. The van der Waals surface area contributed by atoms with Gasteiger partial charge in [-0.05, 0) is 46.0 Å². The molecule has 0 spiro atoms. The van der Waals surface area contributed by atoms with E-state index in [0.29, 0.717) is 13.2 Å². The molecular weight excluding hydrogens is 617 g/mol. The van der Waals surface area contributed by atoms with Crippen LogP contribution in [0.5, 0.6) is 11.5 Å². The first-order chi connectivity index (χ1) is 23.3. The topological polar surface area (TPSA) is 44.2 Å². The second kappa shape index (κ2) is 14.9. The molecule has 7 rings (SSSR count). The van der Waals surface area contributed by atoms with Gasteiger partial charge in [-0.2, -0.15) is 0 Å². The van der Waals surface area contributed by atoms with Gasteiger partial charge >= 0.3 is 0 Å². The quantitative estimate of drug-likeness (QED) is 0.123. The van der Waals surface area contributed by atoms with E-state index < -0.39 is 0 Å². The molecule has 1 aromatic heterocycles. The third-order valence-corrected chi connectivity index (χ3v) is 9.78. The number of thioether (sulfide) groups is 1. The van der Waals surface area contributed by atoms with Gasteiger partial charge in [-0.25, -0.2) is 0 Å². The van der Waals surface area contributed by atoms with Crippen molar-refractivity contribution >= 4 is 23.1 Å². The number of hydrogen-bond acceptors (Lipinski definition) is 6. The van der Waals surface area contributed by atoms with Crippen molar-refractivity contribution in [2.24, 2.45) is 0 Å². The van der Waals surface area contributed by atoms with E-state index in [9.17, 15) is 0 Å². The highest BCUT2D eigenvalue weighted by Crippen LogP contribution is 2.39. The van der Waals surface area contributed by atoms with Gasteiger partial charge in [-0.15, -0.1) is 22.0 Å². The molecule has 0 radical (unpaired) electrons. The zero-order chi connectivity index (χ0) is 31.7. The van der Waals surface area contributed by atoms with Gasteiger partial charge in [0.05, 0.1) is 0 Å². The zero-order valence-corrected chi connectivity index (χ0v) is 27.3. The second-order valence-corrected chi connectivity index (χ2v) is 13.0. The van der Waals surface area contributed by atoms with Gasteiger partial charge in [0.1, 0.15) is 34.7 Å². The van der Waals surface area contributed by atoms with E-state index in [2.05, 4.69) is 113 Å². The van der Waals surface area contributed by atoms with Crippen molar-refractivity contribution in [2.75, 3.05) is 0 Å². The average molecular weight is 649 g/mol. The third-order valence-electron chi connectivity index (χ3n) is 7.65. The van der Waals surface area contributed by atoms with Crippen LogP contribution in [0.4, 0.5) is 0 Å². The lowest BCUT2D eigenvalue weighted by Gasteiger charge is -2.12. The predicted molar refractivity (Wildman–Crippen MR) is 194 cm³/mol. The first kappa shape index (κ1) is 30.5.